The van der Waals surface area contributed by atoms with Crippen LogP contribution >= 0.6 is 0 Å². The number of aliphatic imine (C=N–C) groups is 1. The number of likely N-dealkylation sites (tertiary alicyclic amines) is 1. The van der Waals surface area contributed by atoms with Crippen LogP contribution in [0.15, 0.2) is 58.4 Å². The summed E-state index contributed by atoms with van der Waals surface area (Å²) in [7, 11) is 0. The first-order valence-electron chi connectivity index (χ1n) is 12.0. The first-order valence-corrected chi connectivity index (χ1v) is 12.0. The molecule has 36 heavy (non-hydrogen) atoms. The van der Waals surface area contributed by atoms with Crippen molar-refractivity contribution >= 4 is 28.4 Å². The standard InChI is InChI=1S/C26H30F3N5O2/c1-3-5-19(14-32-17(2)26(27,28)29)23(30)34-10-4-7-25(8-11-34)13-20(25)15-33-24(35)21-12-18-6-9-31-16-22(18)36-21/h3,6,9,12,14,16,20,30H,1,4-5,7-8,10-11,13,15H2,2H3,(H,33,35). The number of fused-ring (bicyclic) bond motifs is 1. The number of nitrogens with one attached hydrogen (secondary N) is 2. The van der Waals surface area contributed by atoms with Crippen molar-refractivity contribution in [2.45, 2.75) is 45.2 Å². The summed E-state index contributed by atoms with van der Waals surface area (Å²) >= 11 is 0. The van der Waals surface area contributed by atoms with Crippen LogP contribution in [0.1, 0.15) is 49.6 Å². The SMILES string of the molecule is C=CCC(=CN=C(C)C(F)(F)F)C(=N)N1CCCC2(CC1)CC2CNC(=O)c1cc2ccncc2o1. The topological polar surface area (TPSA) is 94.6 Å². The third-order valence-corrected chi connectivity index (χ3v) is 7.21. The van der Waals surface area contributed by atoms with Gasteiger partial charge in [-0.15, -0.1) is 6.58 Å². The van der Waals surface area contributed by atoms with Crippen LogP contribution in [-0.4, -0.2) is 53.1 Å². The summed E-state index contributed by atoms with van der Waals surface area (Å²) < 4.78 is 44.0. The Morgan fingerprint density at radius 1 is 1.42 bits per heavy atom. The third-order valence-electron chi connectivity index (χ3n) is 7.21. The fourth-order valence-electron chi connectivity index (χ4n) is 4.89. The normalized spacial score (nSPS) is 23.0. The van der Waals surface area contributed by atoms with E-state index in [1.54, 1.807) is 30.6 Å². The monoisotopic (exact) mass is 501 g/mol. The Balaban J connectivity index is 1.33. The van der Waals surface area contributed by atoms with Crippen molar-refractivity contribution in [1.29, 1.82) is 5.41 Å². The molecule has 1 aliphatic heterocycles. The second kappa shape index (κ2) is 10.3. The molecule has 1 saturated carbocycles. The summed E-state index contributed by atoms with van der Waals surface area (Å²) in [5, 5.41) is 12.4. The Kier molecular flexibility index (Phi) is 7.33. The number of carbonyl (C=O) groups is 1. The Morgan fingerprint density at radius 2 is 2.22 bits per heavy atom. The third kappa shape index (κ3) is 5.68. The summed E-state index contributed by atoms with van der Waals surface area (Å²) in [6.45, 7) is 6.42. The number of amides is 1. The number of pyridine rings is 1. The number of halogens is 3. The lowest BCUT2D eigenvalue weighted by Gasteiger charge is -2.24. The molecule has 1 saturated heterocycles. The molecular weight excluding hydrogens is 471 g/mol. The smallest absolute Gasteiger partial charge is 0.429 e. The summed E-state index contributed by atoms with van der Waals surface area (Å²) in [5.41, 5.74) is 0.146. The lowest BCUT2D eigenvalue weighted by Crippen LogP contribution is -2.33. The van der Waals surface area contributed by atoms with Gasteiger partial charge in [-0.05, 0) is 62.5 Å². The second-order valence-electron chi connectivity index (χ2n) is 9.55. The van der Waals surface area contributed by atoms with Gasteiger partial charge in [0, 0.05) is 43.0 Å². The van der Waals surface area contributed by atoms with Crippen LogP contribution in [0.3, 0.4) is 0 Å². The van der Waals surface area contributed by atoms with Gasteiger partial charge >= 0.3 is 6.18 Å². The summed E-state index contributed by atoms with van der Waals surface area (Å²) in [6.07, 6.45) is 5.42. The van der Waals surface area contributed by atoms with E-state index in [1.807, 2.05) is 4.90 Å². The lowest BCUT2D eigenvalue weighted by molar-refractivity contribution is -0.0591. The van der Waals surface area contributed by atoms with Gasteiger partial charge in [0.15, 0.2) is 11.3 Å². The number of carbonyl (C=O) groups excluding carboxylic acids is 1. The number of amidine groups is 1. The molecule has 4 rings (SSSR count). The number of furan rings is 1. The predicted octanol–water partition coefficient (Wildman–Crippen LogP) is 5.51. The molecule has 1 amide bonds. The van der Waals surface area contributed by atoms with Crippen molar-refractivity contribution in [3.8, 4) is 0 Å². The van der Waals surface area contributed by atoms with E-state index in [2.05, 4.69) is 21.9 Å². The first kappa shape index (κ1) is 25.7. The Labute approximate surface area is 207 Å². The fourth-order valence-corrected chi connectivity index (χ4v) is 4.89. The van der Waals surface area contributed by atoms with E-state index in [4.69, 9.17) is 9.83 Å². The maximum absolute atomic E-state index is 12.8. The highest BCUT2D eigenvalue weighted by atomic mass is 19.4. The van der Waals surface area contributed by atoms with E-state index >= 15 is 0 Å². The number of alkyl halides is 3. The van der Waals surface area contributed by atoms with Gasteiger partial charge in [-0.2, -0.15) is 13.2 Å². The van der Waals surface area contributed by atoms with Crippen LogP contribution in [0.25, 0.3) is 11.0 Å². The molecule has 2 fully saturated rings. The molecular formula is C26H30F3N5O2. The molecule has 2 aromatic rings. The minimum Gasteiger partial charge on any atom is -0.449 e. The molecule has 1 spiro atoms. The molecule has 2 unspecified atom stereocenters. The van der Waals surface area contributed by atoms with Crippen molar-refractivity contribution in [3.05, 3.63) is 54.7 Å². The first-order chi connectivity index (χ1) is 17.1. The van der Waals surface area contributed by atoms with Crippen LogP contribution in [0.2, 0.25) is 0 Å². The second-order valence-corrected chi connectivity index (χ2v) is 9.55. The number of hydrogen-bond acceptors (Lipinski definition) is 5. The maximum atomic E-state index is 12.8. The highest BCUT2D eigenvalue weighted by Gasteiger charge is 2.53. The van der Waals surface area contributed by atoms with Crippen LogP contribution in [0.4, 0.5) is 13.2 Å². The molecule has 0 radical (unpaired) electrons. The van der Waals surface area contributed by atoms with Gasteiger partial charge in [-0.3, -0.25) is 20.2 Å². The Hall–Kier alpha value is -3.43. The van der Waals surface area contributed by atoms with Gasteiger partial charge in [-0.25, -0.2) is 0 Å². The molecule has 0 aromatic carbocycles. The van der Waals surface area contributed by atoms with Gasteiger partial charge in [-0.1, -0.05) is 6.08 Å². The van der Waals surface area contributed by atoms with Gasteiger partial charge in [0.05, 0.1) is 6.20 Å². The van der Waals surface area contributed by atoms with Crippen molar-refractivity contribution in [1.82, 2.24) is 15.2 Å². The molecule has 0 bridgehead atoms. The van der Waals surface area contributed by atoms with Crippen LogP contribution in [0.5, 0.6) is 0 Å². The molecule has 10 heteroatoms. The lowest BCUT2D eigenvalue weighted by atomic mass is 9.94. The van der Waals surface area contributed by atoms with Crippen LogP contribution in [-0.2, 0) is 0 Å². The van der Waals surface area contributed by atoms with Crippen LogP contribution in [0, 0.1) is 16.7 Å². The molecule has 2 aromatic heterocycles. The Morgan fingerprint density at radius 3 is 2.94 bits per heavy atom. The van der Waals surface area contributed by atoms with E-state index in [9.17, 15) is 18.0 Å². The largest absolute Gasteiger partial charge is 0.449 e. The predicted molar refractivity (Wildman–Crippen MR) is 132 cm³/mol. The zero-order chi connectivity index (χ0) is 25.9. The van der Waals surface area contributed by atoms with Gasteiger partial charge < -0.3 is 14.6 Å². The Bertz CT molecular complexity index is 1180. The van der Waals surface area contributed by atoms with Gasteiger partial charge in [0.1, 0.15) is 11.5 Å². The minimum atomic E-state index is -4.50. The average Bonchev–Trinajstić information content (AvgIpc) is 3.43. The summed E-state index contributed by atoms with van der Waals surface area (Å²) in [6, 6.07) is 3.50. The van der Waals surface area contributed by atoms with Gasteiger partial charge in [0.25, 0.3) is 5.91 Å². The quantitative estimate of drug-likeness (QED) is 0.297. The van der Waals surface area contributed by atoms with Crippen molar-refractivity contribution in [3.63, 3.8) is 0 Å². The highest BCUT2D eigenvalue weighted by Crippen LogP contribution is 2.59. The molecule has 2 atom stereocenters. The maximum Gasteiger partial charge on any atom is 0.429 e. The van der Waals surface area contributed by atoms with E-state index in [1.165, 1.54) is 0 Å². The molecule has 2 N–H and O–H groups in total. The molecule has 7 nitrogen and oxygen atoms in total. The van der Waals surface area contributed by atoms with E-state index in [-0.39, 0.29) is 29.3 Å². The number of hydrogen-bond donors (Lipinski definition) is 2. The number of allylic oxidation sites excluding steroid dienone is 1. The van der Waals surface area contributed by atoms with E-state index < -0.39 is 11.9 Å². The highest BCUT2D eigenvalue weighted by molar-refractivity contribution is 5.97. The van der Waals surface area contributed by atoms with Crippen molar-refractivity contribution in [2.24, 2.45) is 16.3 Å². The molecule has 3 heterocycles. The number of rotatable bonds is 7. The van der Waals surface area contributed by atoms with Crippen molar-refractivity contribution in [2.75, 3.05) is 19.6 Å². The van der Waals surface area contributed by atoms with E-state index in [0.29, 0.717) is 36.7 Å². The minimum absolute atomic E-state index is 0.118. The fraction of sp³-hybridized carbons (Fsp3) is 0.462. The average molecular weight is 502 g/mol. The van der Waals surface area contributed by atoms with E-state index in [0.717, 1.165) is 44.2 Å². The van der Waals surface area contributed by atoms with Gasteiger partial charge in [0.2, 0.25) is 0 Å². The number of aromatic nitrogens is 1. The zero-order valence-electron chi connectivity index (χ0n) is 20.2. The zero-order valence-corrected chi connectivity index (χ0v) is 20.2. The molecule has 192 valence electrons. The number of nitrogens with zero attached hydrogens (tertiary/aromatic N) is 3. The van der Waals surface area contributed by atoms with Crippen molar-refractivity contribution < 1.29 is 22.4 Å². The summed E-state index contributed by atoms with van der Waals surface area (Å²) in [4.78, 5) is 22.0. The van der Waals surface area contributed by atoms with Crippen LogP contribution < -0.4 is 5.32 Å². The molecule has 2 aliphatic rings. The molecule has 1 aliphatic carbocycles. The summed E-state index contributed by atoms with van der Waals surface area (Å²) in [5.74, 6) is 0.553.